The minimum atomic E-state index is -0.573. The van der Waals surface area contributed by atoms with Crippen LogP contribution in [0.2, 0.25) is 0 Å². The fourth-order valence-electron chi connectivity index (χ4n) is 4.56. The van der Waals surface area contributed by atoms with E-state index in [4.69, 9.17) is 0 Å². The molecule has 1 N–H and O–H groups in total. The normalized spacial score (nSPS) is 28.5. The summed E-state index contributed by atoms with van der Waals surface area (Å²) in [7, 11) is 0. The van der Waals surface area contributed by atoms with Gasteiger partial charge in [0.05, 0.1) is 6.54 Å². The molecule has 4 heteroatoms. The Balaban J connectivity index is 1.77. The third kappa shape index (κ3) is 2.82. The van der Waals surface area contributed by atoms with E-state index in [1.807, 2.05) is 4.90 Å². The van der Waals surface area contributed by atoms with Crippen molar-refractivity contribution in [2.45, 2.75) is 82.7 Å². The molecule has 1 atom stereocenters. The fraction of sp³-hybridized carbons (Fsp3) is 0.882. The highest BCUT2D eigenvalue weighted by Crippen LogP contribution is 2.35. The van der Waals surface area contributed by atoms with Crippen LogP contribution in [0.15, 0.2) is 0 Å². The highest BCUT2D eigenvalue weighted by molar-refractivity contribution is 5.98. The summed E-state index contributed by atoms with van der Waals surface area (Å²) in [6.07, 6.45) is 11.2. The van der Waals surface area contributed by atoms with Crippen LogP contribution in [-0.2, 0) is 9.59 Å². The van der Waals surface area contributed by atoms with Crippen molar-refractivity contribution < 1.29 is 9.59 Å². The van der Waals surface area contributed by atoms with E-state index in [-0.39, 0.29) is 24.4 Å². The Morgan fingerprint density at radius 1 is 1.05 bits per heavy atom. The molecule has 118 valence electrons. The Morgan fingerprint density at radius 3 is 2.33 bits per heavy atom. The van der Waals surface area contributed by atoms with E-state index in [1.165, 1.54) is 38.5 Å². The van der Waals surface area contributed by atoms with Crippen molar-refractivity contribution in [3.8, 4) is 0 Å². The van der Waals surface area contributed by atoms with E-state index >= 15 is 0 Å². The van der Waals surface area contributed by atoms with Crippen LogP contribution in [0.1, 0.15) is 71.1 Å². The maximum atomic E-state index is 13.0. The van der Waals surface area contributed by atoms with Crippen molar-refractivity contribution in [2.75, 3.05) is 6.54 Å². The molecule has 1 heterocycles. The summed E-state index contributed by atoms with van der Waals surface area (Å²) in [4.78, 5) is 27.1. The lowest BCUT2D eigenvalue weighted by atomic mass is 9.77. The molecule has 4 nitrogen and oxygen atoms in total. The zero-order valence-electron chi connectivity index (χ0n) is 13.2. The number of amides is 2. The largest absolute Gasteiger partial charge is 0.340 e. The van der Waals surface area contributed by atoms with Gasteiger partial charge in [-0.05, 0) is 38.5 Å². The van der Waals surface area contributed by atoms with E-state index in [0.717, 1.165) is 25.7 Å². The monoisotopic (exact) mass is 292 g/mol. The molecular weight excluding hydrogens is 264 g/mol. The van der Waals surface area contributed by atoms with Crippen LogP contribution in [0.25, 0.3) is 0 Å². The number of hydrogen-bond acceptors (Lipinski definition) is 2. The van der Waals surface area contributed by atoms with Crippen molar-refractivity contribution in [3.63, 3.8) is 0 Å². The van der Waals surface area contributed by atoms with Gasteiger partial charge in [0.15, 0.2) is 0 Å². The van der Waals surface area contributed by atoms with E-state index in [0.29, 0.717) is 5.92 Å². The number of carbonyl (C=O) groups is 2. The maximum Gasteiger partial charge on any atom is 0.249 e. The zero-order valence-corrected chi connectivity index (χ0v) is 13.2. The van der Waals surface area contributed by atoms with Crippen LogP contribution < -0.4 is 5.32 Å². The molecule has 2 saturated carbocycles. The van der Waals surface area contributed by atoms with Gasteiger partial charge in [-0.3, -0.25) is 9.59 Å². The van der Waals surface area contributed by atoms with E-state index in [9.17, 15) is 9.59 Å². The van der Waals surface area contributed by atoms with E-state index < -0.39 is 5.54 Å². The maximum absolute atomic E-state index is 13.0. The van der Waals surface area contributed by atoms with Crippen LogP contribution >= 0.6 is 0 Å². The molecule has 0 aromatic heterocycles. The summed E-state index contributed by atoms with van der Waals surface area (Å²) in [6, 6.07) is 0.211. The predicted octanol–water partition coefficient (Wildman–Crippen LogP) is 2.62. The van der Waals surface area contributed by atoms with Gasteiger partial charge in [0.1, 0.15) is 5.54 Å². The average molecular weight is 292 g/mol. The number of nitrogens with zero attached hydrogens (tertiary/aromatic N) is 1. The van der Waals surface area contributed by atoms with Gasteiger partial charge in [0.25, 0.3) is 0 Å². The summed E-state index contributed by atoms with van der Waals surface area (Å²) < 4.78 is 0. The molecule has 1 aliphatic heterocycles. The SMILES string of the molecule is CC(C1CCCCC1)N1CC(=O)NC2(CCCCC2)C1=O. The first-order valence-corrected chi connectivity index (χ1v) is 8.74. The second-order valence-corrected chi connectivity index (χ2v) is 7.26. The molecule has 0 bridgehead atoms. The topological polar surface area (TPSA) is 49.4 Å². The quantitative estimate of drug-likeness (QED) is 0.850. The standard InChI is InChI=1S/C17H28N2O2/c1-13(14-8-4-2-5-9-14)19-12-15(20)18-17(16(19)21)10-6-3-7-11-17/h13-14H,2-12H2,1H3,(H,18,20). The summed E-state index contributed by atoms with van der Waals surface area (Å²) in [5.74, 6) is 0.813. The first kappa shape index (κ1) is 14.9. The van der Waals surface area contributed by atoms with Crippen LogP contribution in [0.5, 0.6) is 0 Å². The molecule has 3 fully saturated rings. The molecule has 1 spiro atoms. The molecular formula is C17H28N2O2. The van der Waals surface area contributed by atoms with Crippen molar-refractivity contribution in [3.05, 3.63) is 0 Å². The Kier molecular flexibility index (Phi) is 4.23. The molecule has 1 saturated heterocycles. The van der Waals surface area contributed by atoms with Crippen LogP contribution in [0.4, 0.5) is 0 Å². The van der Waals surface area contributed by atoms with Gasteiger partial charge < -0.3 is 10.2 Å². The molecule has 3 aliphatic rings. The smallest absolute Gasteiger partial charge is 0.249 e. The molecule has 2 amide bonds. The Hall–Kier alpha value is -1.06. The van der Waals surface area contributed by atoms with Crippen molar-refractivity contribution in [1.82, 2.24) is 10.2 Å². The summed E-state index contributed by atoms with van der Waals surface area (Å²) >= 11 is 0. The molecule has 21 heavy (non-hydrogen) atoms. The first-order chi connectivity index (χ1) is 10.1. The highest BCUT2D eigenvalue weighted by Gasteiger charge is 2.48. The number of piperazine rings is 1. The van der Waals surface area contributed by atoms with Gasteiger partial charge >= 0.3 is 0 Å². The summed E-state index contributed by atoms with van der Waals surface area (Å²) in [5, 5.41) is 3.04. The average Bonchev–Trinajstić information content (AvgIpc) is 2.52. The lowest BCUT2D eigenvalue weighted by molar-refractivity contribution is -0.155. The van der Waals surface area contributed by atoms with Gasteiger partial charge in [0, 0.05) is 6.04 Å². The van der Waals surface area contributed by atoms with Crippen molar-refractivity contribution in [1.29, 1.82) is 0 Å². The van der Waals surface area contributed by atoms with Gasteiger partial charge in [-0.1, -0.05) is 38.5 Å². The minimum absolute atomic E-state index is 0.0409. The highest BCUT2D eigenvalue weighted by atomic mass is 16.2. The summed E-state index contributed by atoms with van der Waals surface area (Å²) in [5.41, 5.74) is -0.573. The van der Waals surface area contributed by atoms with Crippen molar-refractivity contribution in [2.24, 2.45) is 5.92 Å². The molecule has 3 rings (SSSR count). The lowest BCUT2D eigenvalue weighted by Crippen LogP contribution is -2.69. The number of rotatable bonds is 2. The van der Waals surface area contributed by atoms with Gasteiger partial charge in [-0.25, -0.2) is 0 Å². The molecule has 2 aliphatic carbocycles. The number of carbonyl (C=O) groups excluding carboxylic acids is 2. The molecule has 1 unspecified atom stereocenters. The van der Waals surface area contributed by atoms with Gasteiger partial charge in [-0.2, -0.15) is 0 Å². The van der Waals surface area contributed by atoms with Gasteiger partial charge in [0.2, 0.25) is 11.8 Å². The molecule has 0 aromatic rings. The zero-order chi connectivity index (χ0) is 14.9. The third-order valence-electron chi connectivity index (χ3n) is 5.89. The first-order valence-electron chi connectivity index (χ1n) is 8.74. The Labute approximate surface area is 127 Å². The van der Waals surface area contributed by atoms with E-state index in [2.05, 4.69) is 12.2 Å². The van der Waals surface area contributed by atoms with Crippen LogP contribution in [0.3, 0.4) is 0 Å². The Bertz CT molecular complexity index is 409. The van der Waals surface area contributed by atoms with E-state index in [1.54, 1.807) is 0 Å². The third-order valence-corrected chi connectivity index (χ3v) is 5.89. The predicted molar refractivity (Wildman–Crippen MR) is 81.7 cm³/mol. The minimum Gasteiger partial charge on any atom is -0.340 e. The molecule has 0 radical (unpaired) electrons. The number of nitrogens with one attached hydrogen (secondary N) is 1. The van der Waals surface area contributed by atoms with Crippen molar-refractivity contribution >= 4 is 11.8 Å². The second-order valence-electron chi connectivity index (χ2n) is 7.26. The Morgan fingerprint density at radius 2 is 1.67 bits per heavy atom. The van der Waals surface area contributed by atoms with Gasteiger partial charge in [-0.15, -0.1) is 0 Å². The number of hydrogen-bond donors (Lipinski definition) is 1. The molecule has 0 aromatic carbocycles. The summed E-state index contributed by atoms with van der Waals surface area (Å²) in [6.45, 7) is 2.42. The fourth-order valence-corrected chi connectivity index (χ4v) is 4.56. The lowest BCUT2D eigenvalue weighted by Gasteiger charge is -2.47. The second kappa shape index (κ2) is 5.98. The van der Waals surface area contributed by atoms with Crippen LogP contribution in [0, 0.1) is 5.92 Å². The van der Waals surface area contributed by atoms with Crippen LogP contribution in [-0.4, -0.2) is 34.8 Å².